The second-order valence-electron chi connectivity index (χ2n) is 5.14. The van der Waals surface area contributed by atoms with Crippen LogP contribution >= 0.6 is 15.9 Å². The van der Waals surface area contributed by atoms with E-state index in [1.807, 2.05) is 54.1 Å². The maximum absolute atomic E-state index is 12.4. The van der Waals surface area contributed by atoms with Crippen LogP contribution in [0.1, 0.15) is 48.9 Å². The van der Waals surface area contributed by atoms with Crippen molar-refractivity contribution in [3.8, 4) is 0 Å². The first-order valence-electron chi connectivity index (χ1n) is 6.72. The van der Waals surface area contributed by atoms with Crippen molar-refractivity contribution in [2.75, 3.05) is 0 Å². The molecule has 0 aliphatic carbocycles. The number of carbonyl (C=O) groups is 1. The lowest BCUT2D eigenvalue weighted by atomic mass is 10.1. The number of nitrogens with one attached hydrogen (secondary N) is 1. The minimum absolute atomic E-state index is 0.0319. The molecule has 3 nitrogen and oxygen atoms in total. The summed E-state index contributed by atoms with van der Waals surface area (Å²) in [6, 6.07) is 12.0. The molecule has 0 saturated carbocycles. The molecule has 0 fully saturated rings. The second kappa shape index (κ2) is 6.27. The van der Waals surface area contributed by atoms with E-state index in [-0.39, 0.29) is 18.0 Å². The molecule has 1 heterocycles. The maximum atomic E-state index is 12.4. The van der Waals surface area contributed by atoms with Crippen LogP contribution in [0.4, 0.5) is 0 Å². The maximum Gasteiger partial charge on any atom is 0.268 e. The number of aromatic nitrogens is 1. The van der Waals surface area contributed by atoms with Crippen LogP contribution in [0, 0.1) is 0 Å². The molecule has 1 aromatic heterocycles. The minimum Gasteiger partial charge on any atom is -0.344 e. The predicted octanol–water partition coefficient (Wildman–Crippen LogP) is 4.32. The summed E-state index contributed by atoms with van der Waals surface area (Å²) in [7, 11) is 0. The van der Waals surface area contributed by atoms with Gasteiger partial charge in [-0.2, -0.15) is 0 Å². The Labute approximate surface area is 128 Å². The van der Waals surface area contributed by atoms with Crippen LogP contribution in [-0.2, 0) is 0 Å². The van der Waals surface area contributed by atoms with Gasteiger partial charge in [0.2, 0.25) is 0 Å². The molecule has 0 radical (unpaired) electrons. The fourth-order valence-electron chi connectivity index (χ4n) is 2.17. The number of nitrogens with zero attached hydrogens (tertiary/aromatic N) is 1. The van der Waals surface area contributed by atoms with Crippen LogP contribution in [-0.4, -0.2) is 10.5 Å². The standard InChI is InChI=1S/C16H19BrN2O/c1-11(2)19-9-5-8-15(19)16(20)18-12(3)13-6-4-7-14(17)10-13/h4-12H,1-3H3,(H,18,20). The molecular formula is C16H19BrN2O. The normalized spacial score (nSPS) is 12.4. The van der Waals surface area contributed by atoms with Gasteiger partial charge in [-0.3, -0.25) is 4.79 Å². The molecular weight excluding hydrogens is 316 g/mol. The van der Waals surface area contributed by atoms with Crippen LogP contribution in [0.2, 0.25) is 0 Å². The highest BCUT2D eigenvalue weighted by atomic mass is 79.9. The van der Waals surface area contributed by atoms with Gasteiger partial charge in [0.05, 0.1) is 6.04 Å². The van der Waals surface area contributed by atoms with E-state index < -0.39 is 0 Å². The number of hydrogen-bond donors (Lipinski definition) is 1. The van der Waals surface area contributed by atoms with Crippen molar-refractivity contribution in [3.63, 3.8) is 0 Å². The first kappa shape index (κ1) is 14.9. The van der Waals surface area contributed by atoms with E-state index in [9.17, 15) is 4.79 Å². The number of amides is 1. The van der Waals surface area contributed by atoms with Crippen molar-refractivity contribution in [2.24, 2.45) is 0 Å². The van der Waals surface area contributed by atoms with Crippen LogP contribution < -0.4 is 5.32 Å². The summed E-state index contributed by atoms with van der Waals surface area (Å²) in [4.78, 5) is 12.4. The third-order valence-corrected chi connectivity index (χ3v) is 3.76. The van der Waals surface area contributed by atoms with Gasteiger partial charge >= 0.3 is 0 Å². The van der Waals surface area contributed by atoms with E-state index in [0.29, 0.717) is 5.69 Å². The summed E-state index contributed by atoms with van der Waals surface area (Å²) in [5.41, 5.74) is 1.78. The number of hydrogen-bond acceptors (Lipinski definition) is 1. The average molecular weight is 335 g/mol. The van der Waals surface area contributed by atoms with E-state index >= 15 is 0 Å². The van der Waals surface area contributed by atoms with E-state index in [4.69, 9.17) is 0 Å². The monoisotopic (exact) mass is 334 g/mol. The highest BCUT2D eigenvalue weighted by Gasteiger charge is 2.15. The van der Waals surface area contributed by atoms with E-state index in [2.05, 4.69) is 35.1 Å². The highest BCUT2D eigenvalue weighted by molar-refractivity contribution is 9.10. The molecule has 2 aromatic rings. The number of benzene rings is 1. The van der Waals surface area contributed by atoms with Crippen molar-refractivity contribution in [3.05, 3.63) is 58.3 Å². The summed E-state index contributed by atoms with van der Waals surface area (Å²) < 4.78 is 2.99. The van der Waals surface area contributed by atoms with Crippen LogP contribution in [0.5, 0.6) is 0 Å². The largest absolute Gasteiger partial charge is 0.344 e. The number of carbonyl (C=O) groups excluding carboxylic acids is 1. The quantitative estimate of drug-likeness (QED) is 0.887. The zero-order valence-electron chi connectivity index (χ0n) is 11.9. The smallest absolute Gasteiger partial charge is 0.268 e. The molecule has 2 rings (SSSR count). The van der Waals surface area contributed by atoms with Gasteiger partial charge in [-0.05, 0) is 50.6 Å². The molecule has 1 amide bonds. The molecule has 0 bridgehead atoms. The number of halogens is 1. The van der Waals surface area contributed by atoms with Crippen LogP contribution in [0.25, 0.3) is 0 Å². The molecule has 0 aliphatic heterocycles. The first-order valence-corrected chi connectivity index (χ1v) is 7.51. The fraction of sp³-hybridized carbons (Fsp3) is 0.312. The summed E-state index contributed by atoms with van der Waals surface area (Å²) in [6.45, 7) is 6.12. The lowest BCUT2D eigenvalue weighted by Crippen LogP contribution is -2.28. The van der Waals surface area contributed by atoms with E-state index in [1.54, 1.807) is 0 Å². The Balaban J connectivity index is 2.13. The highest BCUT2D eigenvalue weighted by Crippen LogP contribution is 2.19. The summed E-state index contributed by atoms with van der Waals surface area (Å²) in [6.07, 6.45) is 1.93. The molecule has 106 valence electrons. The predicted molar refractivity (Wildman–Crippen MR) is 84.8 cm³/mol. The van der Waals surface area contributed by atoms with Gasteiger partial charge in [0, 0.05) is 16.7 Å². The Bertz CT molecular complexity index is 604. The van der Waals surface area contributed by atoms with Gasteiger partial charge in [0.15, 0.2) is 0 Å². The van der Waals surface area contributed by atoms with Gasteiger partial charge < -0.3 is 9.88 Å². The average Bonchev–Trinajstić information content (AvgIpc) is 2.88. The first-order chi connectivity index (χ1) is 9.49. The Hall–Kier alpha value is -1.55. The molecule has 4 heteroatoms. The van der Waals surface area contributed by atoms with Gasteiger partial charge in [-0.1, -0.05) is 28.1 Å². The molecule has 0 aliphatic rings. The van der Waals surface area contributed by atoms with Crippen molar-refractivity contribution in [1.82, 2.24) is 9.88 Å². The SMILES string of the molecule is CC(NC(=O)c1cccn1C(C)C)c1cccc(Br)c1. The topological polar surface area (TPSA) is 34.0 Å². The molecule has 0 saturated heterocycles. The van der Waals surface area contributed by atoms with Crippen LogP contribution in [0.3, 0.4) is 0 Å². The van der Waals surface area contributed by atoms with Crippen molar-refractivity contribution < 1.29 is 4.79 Å². The summed E-state index contributed by atoms with van der Waals surface area (Å²) in [5.74, 6) is -0.0452. The lowest BCUT2D eigenvalue weighted by molar-refractivity contribution is 0.0929. The fourth-order valence-corrected chi connectivity index (χ4v) is 2.58. The van der Waals surface area contributed by atoms with Crippen molar-refractivity contribution >= 4 is 21.8 Å². The van der Waals surface area contributed by atoms with Gasteiger partial charge in [-0.25, -0.2) is 0 Å². The van der Waals surface area contributed by atoms with Gasteiger partial charge in [-0.15, -0.1) is 0 Å². The second-order valence-corrected chi connectivity index (χ2v) is 6.06. The van der Waals surface area contributed by atoms with Crippen molar-refractivity contribution in [1.29, 1.82) is 0 Å². The molecule has 1 unspecified atom stereocenters. The Morgan fingerprint density at radius 1 is 1.20 bits per heavy atom. The third kappa shape index (κ3) is 3.31. The van der Waals surface area contributed by atoms with Crippen molar-refractivity contribution in [2.45, 2.75) is 32.9 Å². The molecule has 0 spiro atoms. The number of rotatable bonds is 4. The zero-order chi connectivity index (χ0) is 14.7. The molecule has 1 aromatic carbocycles. The molecule has 20 heavy (non-hydrogen) atoms. The van der Waals surface area contributed by atoms with E-state index in [0.717, 1.165) is 10.0 Å². The Morgan fingerprint density at radius 2 is 1.95 bits per heavy atom. The lowest BCUT2D eigenvalue weighted by Gasteiger charge is -2.17. The summed E-state index contributed by atoms with van der Waals surface area (Å²) >= 11 is 3.45. The summed E-state index contributed by atoms with van der Waals surface area (Å²) in [5, 5.41) is 3.04. The third-order valence-electron chi connectivity index (χ3n) is 3.26. The van der Waals surface area contributed by atoms with Crippen LogP contribution in [0.15, 0.2) is 47.1 Å². The van der Waals surface area contributed by atoms with Gasteiger partial charge in [0.25, 0.3) is 5.91 Å². The Morgan fingerprint density at radius 3 is 2.60 bits per heavy atom. The molecule has 1 atom stereocenters. The van der Waals surface area contributed by atoms with Gasteiger partial charge in [0.1, 0.15) is 5.69 Å². The Kier molecular flexibility index (Phi) is 4.65. The van der Waals surface area contributed by atoms with E-state index in [1.165, 1.54) is 0 Å². The zero-order valence-corrected chi connectivity index (χ0v) is 13.5. The molecule has 1 N–H and O–H groups in total. The minimum atomic E-state index is -0.0452.